The normalized spacial score (nSPS) is 17.9. The molecule has 2 heterocycles. The molecule has 0 unspecified atom stereocenters. The number of amides is 1. The zero-order valence-corrected chi connectivity index (χ0v) is 14.4. The van der Waals surface area contributed by atoms with Crippen LogP contribution in [0, 0.1) is 6.92 Å². The van der Waals surface area contributed by atoms with Crippen molar-refractivity contribution in [1.29, 1.82) is 0 Å². The summed E-state index contributed by atoms with van der Waals surface area (Å²) < 4.78 is 1.44. The highest BCUT2D eigenvalue weighted by Gasteiger charge is 2.29. The molecule has 0 aliphatic carbocycles. The average Bonchev–Trinajstić information content (AvgIpc) is 2.57. The molecule has 0 bridgehead atoms. The first-order chi connectivity index (χ1) is 11.5. The second-order valence-electron chi connectivity index (χ2n) is 6.47. The fourth-order valence-corrected chi connectivity index (χ4v) is 3.16. The second kappa shape index (κ2) is 6.51. The van der Waals surface area contributed by atoms with Gasteiger partial charge in [-0.1, -0.05) is 17.7 Å². The number of carbonyl (C=O) groups is 1. The van der Waals surface area contributed by atoms with Gasteiger partial charge in [-0.15, -0.1) is 0 Å². The van der Waals surface area contributed by atoms with E-state index >= 15 is 0 Å². The number of benzene rings is 1. The second-order valence-corrected chi connectivity index (χ2v) is 6.47. The molecule has 3 rings (SSSR count). The summed E-state index contributed by atoms with van der Waals surface area (Å²) in [6.07, 6.45) is 1.66. The van der Waals surface area contributed by atoms with Crippen molar-refractivity contribution in [1.82, 2.24) is 9.47 Å². The highest BCUT2D eigenvalue weighted by molar-refractivity contribution is 5.94. The average molecular weight is 325 g/mol. The van der Waals surface area contributed by atoms with E-state index in [1.807, 2.05) is 6.92 Å². The number of pyridine rings is 1. The summed E-state index contributed by atoms with van der Waals surface area (Å²) >= 11 is 0. The summed E-state index contributed by atoms with van der Waals surface area (Å²) in [6.45, 7) is 6.26. The number of hydrogen-bond donors (Lipinski definition) is 0. The molecular formula is C19H23N3O2. The quantitative estimate of drug-likeness (QED) is 0.849. The van der Waals surface area contributed by atoms with Crippen LogP contribution in [0.3, 0.4) is 0 Å². The highest BCUT2D eigenvalue weighted by atomic mass is 16.2. The Morgan fingerprint density at radius 1 is 1.12 bits per heavy atom. The Bertz CT molecular complexity index is 795. The van der Waals surface area contributed by atoms with Crippen molar-refractivity contribution >= 4 is 11.6 Å². The van der Waals surface area contributed by atoms with Crippen molar-refractivity contribution in [3.63, 3.8) is 0 Å². The maximum absolute atomic E-state index is 12.8. The van der Waals surface area contributed by atoms with Gasteiger partial charge >= 0.3 is 0 Å². The Morgan fingerprint density at radius 2 is 1.83 bits per heavy atom. The van der Waals surface area contributed by atoms with Crippen LogP contribution in [0.1, 0.15) is 22.8 Å². The lowest BCUT2D eigenvalue weighted by Gasteiger charge is -2.41. The van der Waals surface area contributed by atoms with E-state index in [-0.39, 0.29) is 23.1 Å². The summed E-state index contributed by atoms with van der Waals surface area (Å²) in [6, 6.07) is 11.8. The van der Waals surface area contributed by atoms with Gasteiger partial charge in [-0.2, -0.15) is 0 Å². The van der Waals surface area contributed by atoms with Crippen molar-refractivity contribution < 1.29 is 4.79 Å². The van der Waals surface area contributed by atoms with Crippen molar-refractivity contribution in [3.8, 4) is 0 Å². The van der Waals surface area contributed by atoms with Crippen LogP contribution in [0.2, 0.25) is 0 Å². The fourth-order valence-electron chi connectivity index (χ4n) is 3.16. The highest BCUT2D eigenvalue weighted by Crippen LogP contribution is 2.20. The third-order valence-electron chi connectivity index (χ3n) is 4.64. The topological polar surface area (TPSA) is 45.5 Å². The number of hydrogen-bond acceptors (Lipinski definition) is 3. The Labute approximate surface area is 142 Å². The van der Waals surface area contributed by atoms with Crippen LogP contribution < -0.4 is 10.5 Å². The lowest BCUT2D eigenvalue weighted by molar-refractivity contribution is 0.0671. The van der Waals surface area contributed by atoms with Crippen molar-refractivity contribution in [2.24, 2.45) is 7.05 Å². The Morgan fingerprint density at radius 3 is 2.50 bits per heavy atom. The molecule has 1 amide bonds. The van der Waals surface area contributed by atoms with E-state index in [0.717, 1.165) is 13.1 Å². The van der Waals surface area contributed by atoms with Gasteiger partial charge in [0.25, 0.3) is 11.5 Å². The number of rotatable bonds is 2. The van der Waals surface area contributed by atoms with Gasteiger partial charge in [0, 0.05) is 44.6 Å². The fraction of sp³-hybridized carbons (Fsp3) is 0.368. The summed E-state index contributed by atoms with van der Waals surface area (Å²) in [5.74, 6) is -0.174. The molecule has 2 aromatic rings. The van der Waals surface area contributed by atoms with Gasteiger partial charge < -0.3 is 14.4 Å². The SMILES string of the molecule is Cc1ccc(N2CCN(C(=O)c3cccn(C)c3=O)[C@H](C)C2)cc1. The molecule has 0 radical (unpaired) electrons. The molecule has 1 aromatic carbocycles. The Balaban J connectivity index is 1.76. The number of anilines is 1. The van der Waals surface area contributed by atoms with Gasteiger partial charge in [-0.05, 0) is 38.1 Å². The van der Waals surface area contributed by atoms with E-state index in [0.29, 0.717) is 6.54 Å². The molecule has 5 heteroatoms. The van der Waals surface area contributed by atoms with Gasteiger partial charge in [-0.25, -0.2) is 0 Å². The lowest BCUT2D eigenvalue weighted by Crippen LogP contribution is -2.54. The van der Waals surface area contributed by atoms with Crippen LogP contribution in [0.25, 0.3) is 0 Å². The molecular weight excluding hydrogens is 302 g/mol. The smallest absolute Gasteiger partial charge is 0.263 e. The number of aryl methyl sites for hydroxylation is 2. The molecule has 1 aliphatic heterocycles. The van der Waals surface area contributed by atoms with Crippen molar-refractivity contribution in [2.75, 3.05) is 24.5 Å². The largest absolute Gasteiger partial charge is 0.368 e. The molecule has 1 atom stereocenters. The summed E-state index contributed by atoms with van der Waals surface area (Å²) in [4.78, 5) is 29.0. The van der Waals surface area contributed by atoms with Crippen LogP contribution in [0.5, 0.6) is 0 Å². The first-order valence-electron chi connectivity index (χ1n) is 8.25. The lowest BCUT2D eigenvalue weighted by atomic mass is 10.1. The number of nitrogens with zero attached hydrogens (tertiary/aromatic N) is 3. The van der Waals surface area contributed by atoms with Gasteiger partial charge in [0.15, 0.2) is 0 Å². The number of aromatic nitrogens is 1. The van der Waals surface area contributed by atoms with E-state index in [2.05, 4.69) is 36.1 Å². The molecule has 0 N–H and O–H groups in total. The predicted octanol–water partition coefficient (Wildman–Crippen LogP) is 2.04. The molecule has 126 valence electrons. The first kappa shape index (κ1) is 16.3. The Kier molecular flexibility index (Phi) is 4.42. The van der Waals surface area contributed by atoms with E-state index in [1.54, 1.807) is 30.3 Å². The first-order valence-corrected chi connectivity index (χ1v) is 8.25. The Hall–Kier alpha value is -2.56. The summed E-state index contributed by atoms with van der Waals surface area (Å²) in [7, 11) is 1.66. The molecule has 1 fully saturated rings. The molecule has 1 saturated heterocycles. The third kappa shape index (κ3) is 3.07. The van der Waals surface area contributed by atoms with Gasteiger partial charge in [0.1, 0.15) is 5.56 Å². The monoisotopic (exact) mass is 325 g/mol. The number of carbonyl (C=O) groups excluding carboxylic acids is 1. The van der Waals surface area contributed by atoms with E-state index in [1.165, 1.54) is 15.8 Å². The van der Waals surface area contributed by atoms with Crippen LogP contribution in [0.15, 0.2) is 47.4 Å². The van der Waals surface area contributed by atoms with E-state index < -0.39 is 0 Å². The molecule has 1 aromatic heterocycles. The van der Waals surface area contributed by atoms with Crippen LogP contribution in [0.4, 0.5) is 5.69 Å². The van der Waals surface area contributed by atoms with Crippen LogP contribution in [-0.4, -0.2) is 41.1 Å². The maximum atomic E-state index is 12.8. The third-order valence-corrected chi connectivity index (χ3v) is 4.64. The van der Waals surface area contributed by atoms with Crippen LogP contribution >= 0.6 is 0 Å². The maximum Gasteiger partial charge on any atom is 0.263 e. The molecule has 5 nitrogen and oxygen atoms in total. The standard InChI is InChI=1S/C19H23N3O2/c1-14-6-8-16(9-7-14)21-11-12-22(15(2)13-21)19(24)17-5-4-10-20(3)18(17)23/h4-10,15H,11-13H2,1-3H3/t15-/m1/s1. The van der Waals surface area contributed by atoms with Crippen LogP contribution in [-0.2, 0) is 7.05 Å². The van der Waals surface area contributed by atoms with Gasteiger partial charge in [0.2, 0.25) is 0 Å². The molecule has 0 saturated carbocycles. The number of piperazine rings is 1. The molecule has 0 spiro atoms. The van der Waals surface area contributed by atoms with Crippen molar-refractivity contribution in [3.05, 3.63) is 64.1 Å². The minimum Gasteiger partial charge on any atom is -0.368 e. The van der Waals surface area contributed by atoms with Gasteiger partial charge in [0.05, 0.1) is 0 Å². The van der Waals surface area contributed by atoms with E-state index in [4.69, 9.17) is 0 Å². The van der Waals surface area contributed by atoms with Gasteiger partial charge in [-0.3, -0.25) is 9.59 Å². The minimum absolute atomic E-state index is 0.0532. The molecule has 24 heavy (non-hydrogen) atoms. The summed E-state index contributed by atoms with van der Waals surface area (Å²) in [5.41, 5.74) is 2.42. The zero-order chi connectivity index (χ0) is 17.3. The predicted molar refractivity (Wildman–Crippen MR) is 95.6 cm³/mol. The zero-order valence-electron chi connectivity index (χ0n) is 14.4. The molecule has 1 aliphatic rings. The van der Waals surface area contributed by atoms with E-state index in [9.17, 15) is 9.59 Å². The minimum atomic E-state index is -0.240. The van der Waals surface area contributed by atoms with Crippen molar-refractivity contribution in [2.45, 2.75) is 19.9 Å². The summed E-state index contributed by atoms with van der Waals surface area (Å²) in [5, 5.41) is 0.